The monoisotopic (exact) mass is 394 g/mol. The summed E-state index contributed by atoms with van der Waals surface area (Å²) in [6, 6.07) is 9.19. The molecule has 0 aliphatic carbocycles. The van der Waals surface area contributed by atoms with Gasteiger partial charge in [0, 0.05) is 23.3 Å². The number of likely N-dealkylation sites (N-methyl/N-ethyl adjacent to an activating group) is 1. The topological polar surface area (TPSA) is 80.5 Å². The fraction of sp³-hybridized carbons (Fsp3) is 0.312. The normalized spacial score (nSPS) is 12.0. The predicted molar refractivity (Wildman–Crippen MR) is 96.5 cm³/mol. The van der Waals surface area contributed by atoms with Crippen LogP contribution in [0, 0.1) is 10.1 Å². The summed E-state index contributed by atoms with van der Waals surface area (Å²) in [6.07, 6.45) is 1.53. The van der Waals surface area contributed by atoms with Gasteiger partial charge in [-0.05, 0) is 47.7 Å². The summed E-state index contributed by atoms with van der Waals surface area (Å²) in [7, 11) is 5.53. The van der Waals surface area contributed by atoms with Crippen molar-refractivity contribution in [3.05, 3.63) is 56.7 Å². The fourth-order valence-corrected chi connectivity index (χ4v) is 2.66. The fourth-order valence-electron chi connectivity index (χ4n) is 2.34. The molecular formula is C16H19BrN4O3. The van der Waals surface area contributed by atoms with Gasteiger partial charge < -0.3 is 15.0 Å². The summed E-state index contributed by atoms with van der Waals surface area (Å²) < 4.78 is 5.83. The number of halogens is 1. The van der Waals surface area contributed by atoms with Gasteiger partial charge in [-0.2, -0.15) is 0 Å². The van der Waals surface area contributed by atoms with Crippen LogP contribution in [0.2, 0.25) is 0 Å². The molecule has 1 aromatic carbocycles. The van der Waals surface area contributed by atoms with Crippen LogP contribution in [0.3, 0.4) is 0 Å². The number of pyridine rings is 1. The van der Waals surface area contributed by atoms with Gasteiger partial charge in [-0.3, -0.25) is 10.1 Å². The Morgan fingerprint density at radius 1 is 1.42 bits per heavy atom. The second-order valence-corrected chi connectivity index (χ2v) is 6.33. The number of hydrogen-bond acceptors (Lipinski definition) is 6. The Morgan fingerprint density at radius 3 is 2.79 bits per heavy atom. The molecule has 1 N–H and O–H groups in total. The summed E-state index contributed by atoms with van der Waals surface area (Å²) in [5.41, 5.74) is 0.985. The summed E-state index contributed by atoms with van der Waals surface area (Å²) in [4.78, 5) is 16.9. The minimum absolute atomic E-state index is 0.00477. The van der Waals surface area contributed by atoms with E-state index in [1.165, 1.54) is 12.3 Å². The maximum atomic E-state index is 11.2. The molecule has 0 spiro atoms. The molecule has 128 valence electrons. The lowest BCUT2D eigenvalue weighted by molar-refractivity contribution is -0.384. The van der Waals surface area contributed by atoms with E-state index in [1.807, 2.05) is 43.3 Å². The first-order chi connectivity index (χ1) is 11.4. The van der Waals surface area contributed by atoms with Crippen molar-refractivity contribution in [2.75, 3.05) is 33.1 Å². The Labute approximate surface area is 148 Å². The molecular weight excluding hydrogens is 376 g/mol. The van der Waals surface area contributed by atoms with E-state index in [0.717, 1.165) is 11.3 Å². The zero-order valence-electron chi connectivity index (χ0n) is 13.7. The largest absolute Gasteiger partial charge is 0.497 e. The molecule has 0 saturated heterocycles. The molecule has 1 atom stereocenters. The first-order valence-corrected chi connectivity index (χ1v) is 8.06. The molecule has 0 saturated carbocycles. The summed E-state index contributed by atoms with van der Waals surface area (Å²) >= 11 is 3.20. The molecule has 2 rings (SSSR count). The zero-order chi connectivity index (χ0) is 17.7. The van der Waals surface area contributed by atoms with E-state index in [-0.39, 0.29) is 17.5 Å². The van der Waals surface area contributed by atoms with E-state index in [2.05, 4.69) is 26.2 Å². The average Bonchev–Trinajstić information content (AvgIpc) is 2.56. The van der Waals surface area contributed by atoms with Gasteiger partial charge >= 0.3 is 5.69 Å². The van der Waals surface area contributed by atoms with Gasteiger partial charge in [0.15, 0.2) is 0 Å². The Morgan fingerprint density at radius 2 is 2.17 bits per heavy atom. The molecule has 24 heavy (non-hydrogen) atoms. The number of ether oxygens (including phenoxy) is 1. The molecule has 0 bridgehead atoms. The first-order valence-electron chi connectivity index (χ1n) is 7.26. The van der Waals surface area contributed by atoms with E-state index in [1.54, 1.807) is 7.11 Å². The molecule has 7 nitrogen and oxygen atoms in total. The molecule has 1 aromatic heterocycles. The quantitative estimate of drug-likeness (QED) is 0.571. The number of anilines is 1. The third kappa shape index (κ3) is 4.42. The van der Waals surface area contributed by atoms with Gasteiger partial charge in [0.1, 0.15) is 5.75 Å². The van der Waals surface area contributed by atoms with Crippen molar-refractivity contribution in [2.24, 2.45) is 0 Å². The molecule has 1 unspecified atom stereocenters. The number of aromatic nitrogens is 1. The molecule has 0 amide bonds. The Bertz CT molecular complexity index is 724. The lowest BCUT2D eigenvalue weighted by atomic mass is 10.1. The standard InChI is InChI=1S/C16H19BrN4O3/c1-20(2)15(11-5-4-6-13(7-11)24-3)10-19-16-14(21(22)23)8-12(17)9-18-16/h4-9,15H,10H2,1-3H3,(H,18,19). The summed E-state index contributed by atoms with van der Waals surface area (Å²) in [6.45, 7) is 0.468. The minimum Gasteiger partial charge on any atom is -0.497 e. The van der Waals surface area contributed by atoms with Crippen molar-refractivity contribution in [1.29, 1.82) is 0 Å². The van der Waals surface area contributed by atoms with Crippen molar-refractivity contribution in [2.45, 2.75) is 6.04 Å². The first kappa shape index (κ1) is 18.2. The molecule has 1 heterocycles. The molecule has 2 aromatic rings. The minimum atomic E-state index is -0.448. The van der Waals surface area contributed by atoms with E-state index in [4.69, 9.17) is 4.74 Å². The summed E-state index contributed by atoms with van der Waals surface area (Å²) in [5.74, 6) is 1.02. The number of hydrogen-bond donors (Lipinski definition) is 1. The molecule has 0 fully saturated rings. The van der Waals surface area contributed by atoms with E-state index in [0.29, 0.717) is 11.0 Å². The van der Waals surface area contributed by atoms with Crippen LogP contribution in [0.25, 0.3) is 0 Å². The zero-order valence-corrected chi connectivity index (χ0v) is 15.3. The van der Waals surface area contributed by atoms with Crippen molar-refractivity contribution < 1.29 is 9.66 Å². The molecule has 0 aliphatic heterocycles. The van der Waals surface area contributed by atoms with E-state index < -0.39 is 4.92 Å². The van der Waals surface area contributed by atoms with Gasteiger partial charge in [0.2, 0.25) is 5.82 Å². The molecule has 0 aliphatic rings. The highest BCUT2D eigenvalue weighted by Crippen LogP contribution is 2.27. The maximum Gasteiger partial charge on any atom is 0.312 e. The highest BCUT2D eigenvalue weighted by Gasteiger charge is 2.19. The Hall–Kier alpha value is -2.19. The van der Waals surface area contributed by atoms with Crippen LogP contribution < -0.4 is 10.1 Å². The average molecular weight is 395 g/mol. The van der Waals surface area contributed by atoms with Crippen LogP contribution >= 0.6 is 15.9 Å². The molecule has 8 heteroatoms. The lowest BCUT2D eigenvalue weighted by Gasteiger charge is -2.25. The van der Waals surface area contributed by atoms with Crippen molar-refractivity contribution >= 4 is 27.4 Å². The number of benzene rings is 1. The smallest absolute Gasteiger partial charge is 0.312 e. The number of nitrogens with one attached hydrogen (secondary N) is 1. The van der Waals surface area contributed by atoms with Crippen LogP contribution in [0.4, 0.5) is 11.5 Å². The molecule has 0 radical (unpaired) electrons. The number of methoxy groups -OCH3 is 1. The summed E-state index contributed by atoms with van der Waals surface area (Å²) in [5, 5.41) is 14.3. The lowest BCUT2D eigenvalue weighted by Crippen LogP contribution is -2.27. The predicted octanol–water partition coefficient (Wildman–Crippen LogP) is 3.48. The second-order valence-electron chi connectivity index (χ2n) is 5.42. The van der Waals surface area contributed by atoms with Gasteiger partial charge in [0.25, 0.3) is 0 Å². The van der Waals surface area contributed by atoms with Gasteiger partial charge in [-0.1, -0.05) is 12.1 Å². The highest BCUT2D eigenvalue weighted by molar-refractivity contribution is 9.10. The van der Waals surface area contributed by atoms with Crippen LogP contribution in [-0.2, 0) is 0 Å². The van der Waals surface area contributed by atoms with Crippen LogP contribution in [0.5, 0.6) is 5.75 Å². The van der Waals surface area contributed by atoms with Crippen molar-refractivity contribution in [3.63, 3.8) is 0 Å². The van der Waals surface area contributed by atoms with Crippen molar-refractivity contribution in [3.8, 4) is 5.75 Å². The third-order valence-corrected chi connectivity index (χ3v) is 4.03. The Balaban J connectivity index is 2.22. The van der Waals surface area contributed by atoms with Crippen LogP contribution in [-0.4, -0.2) is 42.6 Å². The second kappa shape index (κ2) is 8.07. The maximum absolute atomic E-state index is 11.2. The van der Waals surface area contributed by atoms with Gasteiger partial charge in [-0.15, -0.1) is 0 Å². The highest BCUT2D eigenvalue weighted by atomic mass is 79.9. The van der Waals surface area contributed by atoms with Gasteiger partial charge in [-0.25, -0.2) is 4.98 Å². The van der Waals surface area contributed by atoms with Gasteiger partial charge in [0.05, 0.1) is 18.1 Å². The number of nitrogens with zero attached hydrogens (tertiary/aromatic N) is 3. The van der Waals surface area contributed by atoms with Crippen molar-refractivity contribution in [1.82, 2.24) is 9.88 Å². The van der Waals surface area contributed by atoms with E-state index >= 15 is 0 Å². The number of rotatable bonds is 7. The third-order valence-electron chi connectivity index (χ3n) is 3.60. The van der Waals surface area contributed by atoms with Crippen LogP contribution in [0.1, 0.15) is 11.6 Å². The number of nitro groups is 1. The Kier molecular flexibility index (Phi) is 6.10. The SMILES string of the molecule is COc1cccc(C(CNc2ncc(Br)cc2[N+](=O)[O-])N(C)C)c1. The van der Waals surface area contributed by atoms with E-state index in [9.17, 15) is 10.1 Å². The van der Waals surface area contributed by atoms with Crippen LogP contribution in [0.15, 0.2) is 41.0 Å².